The zero-order valence-corrected chi connectivity index (χ0v) is 14.8. The average Bonchev–Trinajstić information content (AvgIpc) is 2.99. The molecule has 0 spiro atoms. The van der Waals surface area contributed by atoms with E-state index in [0.717, 1.165) is 35.9 Å². The molecular formula is C16H25N5OS. The molecule has 1 N–H and O–H groups in total. The number of hydrogen-bond donors (Lipinski definition) is 1. The van der Waals surface area contributed by atoms with Gasteiger partial charge in [0, 0.05) is 38.7 Å². The lowest BCUT2D eigenvalue weighted by molar-refractivity contribution is 0.187. The lowest BCUT2D eigenvalue weighted by Crippen LogP contribution is -2.44. The molecule has 1 fully saturated rings. The van der Waals surface area contributed by atoms with E-state index in [1.54, 1.807) is 13.4 Å². The summed E-state index contributed by atoms with van der Waals surface area (Å²) >= 11 is 1.92. The highest BCUT2D eigenvalue weighted by atomic mass is 32.2. The molecule has 2 aromatic heterocycles. The topological polar surface area (TPSA) is 57.3 Å². The molecule has 0 radical (unpaired) electrons. The van der Waals surface area contributed by atoms with Crippen molar-refractivity contribution in [2.45, 2.75) is 18.9 Å². The molecule has 0 aromatic carbocycles. The normalized spacial score (nSPS) is 20.9. The summed E-state index contributed by atoms with van der Waals surface area (Å²) in [7, 11) is 6.03. The summed E-state index contributed by atoms with van der Waals surface area (Å²) in [6, 6.07) is 2.63. The predicted octanol–water partition coefficient (Wildman–Crippen LogP) is 2.40. The van der Waals surface area contributed by atoms with Crippen molar-refractivity contribution in [1.82, 2.24) is 19.3 Å². The van der Waals surface area contributed by atoms with E-state index in [0.29, 0.717) is 6.04 Å². The molecule has 126 valence electrons. The Balaban J connectivity index is 1.48. The quantitative estimate of drug-likeness (QED) is 0.748. The molecule has 1 saturated carbocycles. The van der Waals surface area contributed by atoms with Crippen LogP contribution in [0.1, 0.15) is 12.8 Å². The van der Waals surface area contributed by atoms with Crippen LogP contribution in [0.5, 0.6) is 0 Å². The van der Waals surface area contributed by atoms with Gasteiger partial charge in [-0.25, -0.2) is 9.97 Å². The molecule has 0 saturated heterocycles. The first kappa shape index (κ1) is 16.5. The minimum Gasteiger partial charge on any atom is -0.383 e. The number of nitrogens with zero attached hydrogens (tertiary/aromatic N) is 4. The smallest absolute Gasteiger partial charge is 0.142 e. The van der Waals surface area contributed by atoms with Gasteiger partial charge in [0.1, 0.15) is 17.8 Å². The summed E-state index contributed by atoms with van der Waals surface area (Å²) < 4.78 is 7.38. The molecule has 2 heterocycles. The van der Waals surface area contributed by atoms with E-state index in [-0.39, 0.29) is 0 Å². The Morgan fingerprint density at radius 2 is 2.17 bits per heavy atom. The molecule has 23 heavy (non-hydrogen) atoms. The molecule has 1 aliphatic rings. The standard InChI is InChI=1S/C16H25N5OS/c1-20(6-7-22-3)23-10-12-8-13(9-12)21(2)16-14-4-5-17-15(14)18-11-19-16/h4-5,11-13H,6-10H2,1-3H3,(H,17,18,19). The number of likely N-dealkylation sites (N-methyl/N-ethyl adjacent to an activating group) is 1. The van der Waals surface area contributed by atoms with Crippen molar-refractivity contribution in [1.29, 1.82) is 0 Å². The number of aromatic amines is 1. The van der Waals surface area contributed by atoms with E-state index in [4.69, 9.17) is 4.74 Å². The monoisotopic (exact) mass is 335 g/mol. The minimum atomic E-state index is 0.581. The van der Waals surface area contributed by atoms with Crippen LogP contribution in [0.25, 0.3) is 11.0 Å². The van der Waals surface area contributed by atoms with Crippen LogP contribution in [0.2, 0.25) is 0 Å². The van der Waals surface area contributed by atoms with Crippen molar-refractivity contribution in [3.63, 3.8) is 0 Å². The molecule has 3 rings (SSSR count). The molecule has 6 nitrogen and oxygen atoms in total. The van der Waals surface area contributed by atoms with E-state index in [9.17, 15) is 0 Å². The zero-order chi connectivity index (χ0) is 16.2. The van der Waals surface area contributed by atoms with Crippen molar-refractivity contribution in [3.05, 3.63) is 18.6 Å². The summed E-state index contributed by atoms with van der Waals surface area (Å²) in [5, 5.41) is 1.10. The number of rotatable bonds is 8. The summed E-state index contributed by atoms with van der Waals surface area (Å²) in [6.07, 6.45) is 6.03. The lowest BCUT2D eigenvalue weighted by atomic mass is 9.81. The molecule has 0 bridgehead atoms. The molecule has 7 heteroatoms. The molecular weight excluding hydrogens is 310 g/mol. The van der Waals surface area contributed by atoms with Crippen LogP contribution in [-0.4, -0.2) is 65.4 Å². The fourth-order valence-electron chi connectivity index (χ4n) is 2.98. The van der Waals surface area contributed by atoms with Crippen molar-refractivity contribution in [2.24, 2.45) is 5.92 Å². The third-order valence-electron chi connectivity index (χ3n) is 4.57. The van der Waals surface area contributed by atoms with Gasteiger partial charge in [-0.2, -0.15) is 0 Å². The van der Waals surface area contributed by atoms with Gasteiger partial charge in [-0.1, -0.05) is 11.9 Å². The average molecular weight is 335 g/mol. The second-order valence-electron chi connectivity index (χ2n) is 6.18. The number of hydrogen-bond acceptors (Lipinski definition) is 6. The van der Waals surface area contributed by atoms with Crippen LogP contribution in [-0.2, 0) is 4.74 Å². The van der Waals surface area contributed by atoms with Gasteiger partial charge in [-0.05, 0) is 31.9 Å². The summed E-state index contributed by atoms with van der Waals surface area (Å²) in [6.45, 7) is 1.77. The molecule has 1 aliphatic carbocycles. The largest absolute Gasteiger partial charge is 0.383 e. The maximum Gasteiger partial charge on any atom is 0.142 e. The number of anilines is 1. The van der Waals surface area contributed by atoms with Crippen molar-refractivity contribution in [2.75, 3.05) is 45.0 Å². The Morgan fingerprint density at radius 3 is 2.96 bits per heavy atom. The molecule has 0 aliphatic heterocycles. The van der Waals surface area contributed by atoms with Gasteiger partial charge in [-0.15, -0.1) is 0 Å². The predicted molar refractivity (Wildman–Crippen MR) is 95.8 cm³/mol. The number of methoxy groups -OCH3 is 1. The van der Waals surface area contributed by atoms with E-state index in [2.05, 4.69) is 44.3 Å². The third-order valence-corrected chi connectivity index (χ3v) is 5.81. The maximum absolute atomic E-state index is 5.11. The maximum atomic E-state index is 5.11. The number of nitrogens with one attached hydrogen (secondary N) is 1. The highest BCUT2D eigenvalue weighted by molar-refractivity contribution is 7.97. The molecule has 0 atom stereocenters. The van der Waals surface area contributed by atoms with Crippen molar-refractivity contribution in [3.8, 4) is 0 Å². The number of H-pyrrole nitrogens is 1. The van der Waals surface area contributed by atoms with Gasteiger partial charge in [0.25, 0.3) is 0 Å². The van der Waals surface area contributed by atoms with Gasteiger partial charge >= 0.3 is 0 Å². The molecule has 2 aromatic rings. The van der Waals surface area contributed by atoms with Crippen LogP contribution in [0.4, 0.5) is 5.82 Å². The summed E-state index contributed by atoms with van der Waals surface area (Å²) in [5.41, 5.74) is 0.910. The van der Waals surface area contributed by atoms with E-state index in [1.807, 2.05) is 18.1 Å². The summed E-state index contributed by atoms with van der Waals surface area (Å²) in [4.78, 5) is 14.2. The highest BCUT2D eigenvalue weighted by Crippen LogP contribution is 2.36. The number of ether oxygens (including phenoxy) is 1. The van der Waals surface area contributed by atoms with Gasteiger partial charge in [-0.3, -0.25) is 4.31 Å². The fraction of sp³-hybridized carbons (Fsp3) is 0.625. The Labute approximate surface area is 141 Å². The van der Waals surface area contributed by atoms with Crippen molar-refractivity contribution >= 4 is 28.8 Å². The second-order valence-corrected chi connectivity index (χ2v) is 7.39. The molecule has 0 unspecified atom stereocenters. The Bertz CT molecular complexity index is 628. The Morgan fingerprint density at radius 1 is 1.35 bits per heavy atom. The van der Waals surface area contributed by atoms with Crippen LogP contribution in [0.15, 0.2) is 18.6 Å². The minimum absolute atomic E-state index is 0.581. The van der Waals surface area contributed by atoms with Gasteiger partial charge < -0.3 is 14.6 Å². The lowest BCUT2D eigenvalue weighted by Gasteiger charge is -2.42. The van der Waals surface area contributed by atoms with Crippen LogP contribution >= 0.6 is 11.9 Å². The highest BCUT2D eigenvalue weighted by Gasteiger charge is 2.33. The van der Waals surface area contributed by atoms with E-state index in [1.165, 1.54) is 18.6 Å². The molecule has 0 amide bonds. The summed E-state index contributed by atoms with van der Waals surface area (Å²) in [5.74, 6) is 3.01. The van der Waals surface area contributed by atoms with Crippen LogP contribution in [0, 0.1) is 5.92 Å². The van der Waals surface area contributed by atoms with E-state index < -0.39 is 0 Å². The van der Waals surface area contributed by atoms with Gasteiger partial charge in [0.15, 0.2) is 0 Å². The first-order valence-electron chi connectivity index (χ1n) is 8.03. The van der Waals surface area contributed by atoms with Gasteiger partial charge in [0.2, 0.25) is 0 Å². The second kappa shape index (κ2) is 7.51. The Hall–Kier alpha value is -1.31. The first-order chi connectivity index (χ1) is 11.2. The van der Waals surface area contributed by atoms with E-state index >= 15 is 0 Å². The SMILES string of the molecule is COCCN(C)SCC1CC(N(C)c2ncnc3[nH]ccc23)C1. The zero-order valence-electron chi connectivity index (χ0n) is 14.0. The number of aromatic nitrogens is 3. The van der Waals surface area contributed by atoms with Crippen LogP contribution < -0.4 is 4.90 Å². The number of fused-ring (bicyclic) bond motifs is 1. The van der Waals surface area contributed by atoms with Crippen LogP contribution in [0.3, 0.4) is 0 Å². The fourth-order valence-corrected chi connectivity index (χ4v) is 3.92. The van der Waals surface area contributed by atoms with Gasteiger partial charge in [0.05, 0.1) is 12.0 Å². The first-order valence-corrected chi connectivity index (χ1v) is 8.97. The Kier molecular flexibility index (Phi) is 5.40. The third kappa shape index (κ3) is 3.79. The van der Waals surface area contributed by atoms with Crippen molar-refractivity contribution < 1.29 is 4.74 Å².